The Balaban J connectivity index is 2.49. The van der Waals surface area contributed by atoms with Crippen molar-refractivity contribution in [3.63, 3.8) is 0 Å². The fourth-order valence-corrected chi connectivity index (χ4v) is 1.82. The largest absolute Gasteiger partial charge is 0.468 e. The van der Waals surface area contributed by atoms with E-state index in [0.717, 1.165) is 25.3 Å². The number of aliphatic hydroxyl groups excluding tert-OH is 1. The Kier molecular flexibility index (Phi) is 5.85. The third kappa shape index (κ3) is 4.12. The van der Waals surface area contributed by atoms with E-state index in [9.17, 15) is 5.11 Å². The third-order valence-corrected chi connectivity index (χ3v) is 3.62. The lowest BCUT2D eigenvalue weighted by Crippen LogP contribution is -2.38. The van der Waals surface area contributed by atoms with Gasteiger partial charge in [-0.2, -0.15) is 0 Å². The highest BCUT2D eigenvalue weighted by Crippen LogP contribution is 2.20. The molecule has 0 amide bonds. The number of aliphatic hydroxyl groups is 1. The van der Waals surface area contributed by atoms with Gasteiger partial charge in [0, 0.05) is 25.1 Å². The normalized spacial score (nSPS) is 16.8. The Labute approximate surface area is 110 Å². The molecule has 0 saturated carbocycles. The van der Waals surface area contributed by atoms with Gasteiger partial charge in [0.1, 0.15) is 5.76 Å². The van der Waals surface area contributed by atoms with Crippen LogP contribution >= 0.6 is 0 Å². The van der Waals surface area contributed by atoms with Crippen molar-refractivity contribution in [1.29, 1.82) is 0 Å². The average Bonchev–Trinajstić information content (AvgIpc) is 2.87. The van der Waals surface area contributed by atoms with Crippen LogP contribution in [-0.4, -0.2) is 43.8 Å². The quantitative estimate of drug-likeness (QED) is 0.743. The predicted octanol–water partition coefficient (Wildman–Crippen LogP) is 1.88. The van der Waals surface area contributed by atoms with Gasteiger partial charge >= 0.3 is 0 Å². The van der Waals surface area contributed by atoms with Crippen LogP contribution in [0.1, 0.15) is 32.1 Å². The molecule has 18 heavy (non-hydrogen) atoms. The Hall–Kier alpha value is -0.840. The molecule has 2 atom stereocenters. The van der Waals surface area contributed by atoms with Gasteiger partial charge in [0.05, 0.1) is 12.3 Å². The van der Waals surface area contributed by atoms with Crippen LogP contribution in [0.15, 0.2) is 22.8 Å². The lowest BCUT2D eigenvalue weighted by molar-refractivity contribution is 0.131. The lowest BCUT2D eigenvalue weighted by atomic mass is 9.88. The first-order chi connectivity index (χ1) is 8.52. The summed E-state index contributed by atoms with van der Waals surface area (Å²) in [5, 5.41) is 12.8. The van der Waals surface area contributed by atoms with E-state index in [0.29, 0.717) is 0 Å². The van der Waals surface area contributed by atoms with E-state index in [1.54, 1.807) is 6.26 Å². The molecule has 0 aliphatic heterocycles. The molecule has 2 N–H and O–H groups in total. The molecular formula is C14H26N2O2. The van der Waals surface area contributed by atoms with Gasteiger partial charge in [0.15, 0.2) is 0 Å². The van der Waals surface area contributed by atoms with Crippen LogP contribution in [0.3, 0.4) is 0 Å². The Bertz CT molecular complexity index is 319. The highest BCUT2D eigenvalue weighted by molar-refractivity contribution is 5.05. The minimum absolute atomic E-state index is 0.0416. The second-order valence-corrected chi connectivity index (χ2v) is 5.45. The second-order valence-electron chi connectivity index (χ2n) is 5.45. The van der Waals surface area contributed by atoms with Crippen molar-refractivity contribution in [2.24, 2.45) is 5.41 Å². The molecule has 0 fully saturated rings. The number of hydrogen-bond acceptors (Lipinski definition) is 4. The number of nitrogens with one attached hydrogen (secondary N) is 1. The molecule has 0 saturated heterocycles. The molecule has 4 nitrogen and oxygen atoms in total. The molecule has 1 rings (SSSR count). The highest BCUT2D eigenvalue weighted by atomic mass is 16.3. The Morgan fingerprint density at radius 2 is 2.22 bits per heavy atom. The predicted molar refractivity (Wildman–Crippen MR) is 73.5 cm³/mol. The molecule has 1 heterocycles. The van der Waals surface area contributed by atoms with Crippen molar-refractivity contribution >= 4 is 0 Å². The van der Waals surface area contributed by atoms with Gasteiger partial charge in [0.25, 0.3) is 0 Å². The maximum absolute atomic E-state index is 9.37. The van der Waals surface area contributed by atoms with Crippen molar-refractivity contribution in [2.75, 3.05) is 33.8 Å². The molecule has 0 radical (unpaired) electrons. The van der Waals surface area contributed by atoms with Crippen LogP contribution in [0.25, 0.3) is 0 Å². The zero-order chi connectivity index (χ0) is 13.6. The molecule has 0 aliphatic carbocycles. The smallest absolute Gasteiger partial charge is 0.122 e. The molecule has 0 aromatic carbocycles. The van der Waals surface area contributed by atoms with Crippen LogP contribution in [0.2, 0.25) is 0 Å². The topological polar surface area (TPSA) is 48.6 Å². The Morgan fingerprint density at radius 1 is 1.50 bits per heavy atom. The summed E-state index contributed by atoms with van der Waals surface area (Å²) in [6, 6.07) is 4.13. The Morgan fingerprint density at radius 3 is 2.67 bits per heavy atom. The molecule has 0 bridgehead atoms. The van der Waals surface area contributed by atoms with Gasteiger partial charge in [-0.3, -0.25) is 4.90 Å². The zero-order valence-corrected chi connectivity index (χ0v) is 11.9. The summed E-state index contributed by atoms with van der Waals surface area (Å²) >= 11 is 0. The summed E-state index contributed by atoms with van der Waals surface area (Å²) in [5.41, 5.74) is -0.0416. The first-order valence-corrected chi connectivity index (χ1v) is 6.54. The summed E-state index contributed by atoms with van der Waals surface area (Å²) in [6.45, 7) is 6.04. The van der Waals surface area contributed by atoms with Gasteiger partial charge < -0.3 is 14.8 Å². The fraction of sp³-hybridized carbons (Fsp3) is 0.714. The maximum Gasteiger partial charge on any atom is 0.122 e. The molecule has 4 heteroatoms. The van der Waals surface area contributed by atoms with Crippen molar-refractivity contribution in [1.82, 2.24) is 10.2 Å². The van der Waals surface area contributed by atoms with Gasteiger partial charge in [-0.05, 0) is 32.6 Å². The molecule has 1 aromatic heterocycles. The highest BCUT2D eigenvalue weighted by Gasteiger charge is 2.22. The van der Waals surface area contributed by atoms with Gasteiger partial charge in [-0.15, -0.1) is 0 Å². The minimum Gasteiger partial charge on any atom is -0.468 e. The van der Waals surface area contributed by atoms with E-state index in [1.807, 2.05) is 26.2 Å². The number of hydrogen-bond donors (Lipinski definition) is 2. The van der Waals surface area contributed by atoms with Crippen LogP contribution in [-0.2, 0) is 0 Å². The maximum atomic E-state index is 9.37. The van der Waals surface area contributed by atoms with Gasteiger partial charge in [-0.25, -0.2) is 0 Å². The summed E-state index contributed by atoms with van der Waals surface area (Å²) in [7, 11) is 4.08. The van der Waals surface area contributed by atoms with E-state index >= 15 is 0 Å². The van der Waals surface area contributed by atoms with Crippen molar-refractivity contribution < 1.29 is 9.52 Å². The first kappa shape index (κ1) is 15.2. The average molecular weight is 254 g/mol. The van der Waals surface area contributed by atoms with Gasteiger partial charge in [0.2, 0.25) is 0 Å². The molecule has 2 unspecified atom stereocenters. The first-order valence-electron chi connectivity index (χ1n) is 6.54. The van der Waals surface area contributed by atoms with Crippen LogP contribution in [0.4, 0.5) is 0 Å². The lowest BCUT2D eigenvalue weighted by Gasteiger charge is -2.28. The standard InChI is InChI=1S/C14H26N2O2/c1-5-14(2,11-17)10-15-9-12(16(3)4)13-7-6-8-18-13/h6-8,12,15,17H,5,9-11H2,1-4H3. The summed E-state index contributed by atoms with van der Waals surface area (Å²) in [5.74, 6) is 0.967. The molecule has 104 valence electrons. The second kappa shape index (κ2) is 6.92. The third-order valence-electron chi connectivity index (χ3n) is 3.62. The van der Waals surface area contributed by atoms with Gasteiger partial charge in [-0.1, -0.05) is 13.8 Å². The van der Waals surface area contributed by atoms with Crippen molar-refractivity contribution in [3.05, 3.63) is 24.2 Å². The molecule has 0 aliphatic rings. The number of nitrogens with zero attached hydrogens (tertiary/aromatic N) is 1. The summed E-state index contributed by atoms with van der Waals surface area (Å²) < 4.78 is 5.46. The monoisotopic (exact) mass is 254 g/mol. The van der Waals surface area contributed by atoms with E-state index < -0.39 is 0 Å². The van der Waals surface area contributed by atoms with Crippen LogP contribution < -0.4 is 5.32 Å². The van der Waals surface area contributed by atoms with Crippen LogP contribution in [0, 0.1) is 5.41 Å². The fourth-order valence-electron chi connectivity index (χ4n) is 1.82. The number of furan rings is 1. The summed E-state index contributed by atoms with van der Waals surface area (Å²) in [6.07, 6.45) is 2.67. The van der Waals surface area contributed by atoms with E-state index in [1.165, 1.54) is 0 Å². The SMILES string of the molecule is CCC(C)(CO)CNCC(c1ccco1)N(C)C. The molecule has 0 spiro atoms. The van der Waals surface area contributed by atoms with Crippen molar-refractivity contribution in [3.8, 4) is 0 Å². The van der Waals surface area contributed by atoms with E-state index in [2.05, 4.69) is 24.1 Å². The zero-order valence-electron chi connectivity index (χ0n) is 11.9. The molecule has 1 aromatic rings. The molecular weight excluding hydrogens is 228 g/mol. The minimum atomic E-state index is -0.0416. The van der Waals surface area contributed by atoms with E-state index in [4.69, 9.17) is 4.42 Å². The van der Waals surface area contributed by atoms with Crippen LogP contribution in [0.5, 0.6) is 0 Å². The summed E-state index contributed by atoms with van der Waals surface area (Å²) in [4.78, 5) is 2.13. The van der Waals surface area contributed by atoms with E-state index in [-0.39, 0.29) is 18.1 Å². The number of likely N-dealkylation sites (N-methyl/N-ethyl adjacent to an activating group) is 1. The number of rotatable bonds is 8. The van der Waals surface area contributed by atoms with Crippen molar-refractivity contribution in [2.45, 2.75) is 26.3 Å².